The highest BCUT2D eigenvalue weighted by Crippen LogP contribution is 2.39. The average Bonchev–Trinajstić information content (AvgIpc) is 3.83. The number of allylic oxidation sites excluding steroid dienone is 5. The number of nitrogens with zero attached hydrogens (tertiary/aromatic N) is 1. The van der Waals surface area contributed by atoms with Gasteiger partial charge in [-0.05, 0) is 96.0 Å². The van der Waals surface area contributed by atoms with E-state index in [1.807, 2.05) is 98.0 Å². The normalized spacial score (nSPS) is 10.9. The Bertz CT molecular complexity index is 2960. The fourth-order valence-corrected chi connectivity index (χ4v) is 8.62. The number of para-hydroxylation sites is 1. The summed E-state index contributed by atoms with van der Waals surface area (Å²) in [4.78, 5) is 0. The summed E-state index contributed by atoms with van der Waals surface area (Å²) in [6.07, 6.45) is 7.81. The molecule has 0 amide bonds. The maximum Gasteiger partial charge on any atom is 0.0547 e. The Labute approximate surface area is 379 Å². The molecule has 0 radical (unpaired) electrons. The summed E-state index contributed by atoms with van der Waals surface area (Å²) in [5.41, 5.74) is 14.0. The number of thiophene rings is 1. The van der Waals surface area contributed by atoms with Gasteiger partial charge in [-0.1, -0.05) is 222 Å². The van der Waals surface area contributed by atoms with Gasteiger partial charge in [0.2, 0.25) is 0 Å². The molecule has 8 aromatic carbocycles. The number of fused-ring (bicyclic) bond motifs is 6. The summed E-state index contributed by atoms with van der Waals surface area (Å²) in [6, 6.07) is 68.9. The van der Waals surface area contributed by atoms with Crippen LogP contribution in [0.25, 0.3) is 58.8 Å². The molecular formula is C61H59NS. The lowest BCUT2D eigenvalue weighted by molar-refractivity contribution is 1.19. The molecule has 10 rings (SSSR count). The second-order valence-corrected chi connectivity index (χ2v) is 16.9. The zero-order chi connectivity index (χ0) is 44.6. The molecule has 0 atom stereocenters. The molecule has 0 aliphatic carbocycles. The summed E-state index contributed by atoms with van der Waals surface area (Å²) >= 11 is 1.87. The summed E-state index contributed by atoms with van der Waals surface area (Å²) in [5.74, 6) is 0. The molecule has 0 aliphatic rings. The predicted molar refractivity (Wildman–Crippen MR) is 281 cm³/mol. The number of aromatic nitrogens is 1. The molecule has 1 nitrogen and oxygen atoms in total. The van der Waals surface area contributed by atoms with Crippen LogP contribution in [0.1, 0.15) is 41.7 Å². The zero-order valence-electron chi connectivity index (χ0n) is 37.8. The van der Waals surface area contributed by atoms with Crippen molar-refractivity contribution < 1.29 is 0 Å². The fourth-order valence-electron chi connectivity index (χ4n) is 7.53. The second-order valence-electron chi connectivity index (χ2n) is 15.9. The van der Waals surface area contributed by atoms with Gasteiger partial charge >= 0.3 is 0 Å². The number of aryl methyl sites for hydroxylation is 5. The topological polar surface area (TPSA) is 4.93 Å². The quantitative estimate of drug-likeness (QED) is 0.156. The van der Waals surface area contributed by atoms with Gasteiger partial charge in [-0.2, -0.15) is 0 Å². The maximum absolute atomic E-state index is 3.57. The third kappa shape index (κ3) is 12.5. The van der Waals surface area contributed by atoms with Crippen molar-refractivity contribution in [3.63, 3.8) is 0 Å². The van der Waals surface area contributed by atoms with Gasteiger partial charge in [-0.25, -0.2) is 0 Å². The lowest BCUT2D eigenvalue weighted by Gasteiger charge is -2.10. The monoisotopic (exact) mass is 837 g/mol. The van der Waals surface area contributed by atoms with Crippen LogP contribution in [-0.2, 0) is 0 Å². The lowest BCUT2D eigenvalue weighted by atomic mass is 9.99. The molecule has 0 saturated carbocycles. The first-order valence-electron chi connectivity index (χ1n) is 21.7. The Morgan fingerprint density at radius 2 is 0.952 bits per heavy atom. The van der Waals surface area contributed by atoms with Crippen LogP contribution in [0.4, 0.5) is 0 Å². The molecule has 63 heavy (non-hydrogen) atoms. The van der Waals surface area contributed by atoms with Crippen molar-refractivity contribution in [3.8, 4) is 16.8 Å². The SMILES string of the molecule is C=C/C=C(C)\C=C/C.Cc1cc(C)cc(-c2ccc3c4ccccc4n(-c4ccc5sc6ccccc6c5c4)c3c2)c1.Cc1ccccc1.Cc1ccccc1.Cc1ccccc1. The summed E-state index contributed by atoms with van der Waals surface area (Å²) < 4.78 is 5.11. The molecule has 2 heterocycles. The molecule has 0 unspecified atom stereocenters. The largest absolute Gasteiger partial charge is 0.309 e. The lowest BCUT2D eigenvalue weighted by Crippen LogP contribution is -1.93. The molecule has 2 aromatic heterocycles. The molecule has 0 N–H and O–H groups in total. The van der Waals surface area contributed by atoms with E-state index in [0.717, 1.165) is 0 Å². The van der Waals surface area contributed by atoms with Crippen LogP contribution in [0.5, 0.6) is 0 Å². The van der Waals surface area contributed by atoms with Gasteiger partial charge in [0, 0.05) is 36.6 Å². The average molecular weight is 838 g/mol. The van der Waals surface area contributed by atoms with E-state index >= 15 is 0 Å². The van der Waals surface area contributed by atoms with Gasteiger partial charge in [-0.15, -0.1) is 11.3 Å². The van der Waals surface area contributed by atoms with Gasteiger partial charge in [0.25, 0.3) is 0 Å². The zero-order valence-corrected chi connectivity index (χ0v) is 38.7. The molecule has 0 aliphatic heterocycles. The van der Waals surface area contributed by atoms with E-state index in [4.69, 9.17) is 0 Å². The van der Waals surface area contributed by atoms with Crippen molar-refractivity contribution in [2.45, 2.75) is 48.5 Å². The van der Waals surface area contributed by atoms with Gasteiger partial charge in [0.1, 0.15) is 0 Å². The summed E-state index contributed by atoms with van der Waals surface area (Å²) in [5, 5.41) is 5.24. The molecule has 314 valence electrons. The van der Waals surface area contributed by atoms with E-state index in [-0.39, 0.29) is 0 Å². The smallest absolute Gasteiger partial charge is 0.0547 e. The molecule has 10 aromatic rings. The first kappa shape index (κ1) is 45.5. The van der Waals surface area contributed by atoms with Gasteiger partial charge in [-0.3, -0.25) is 0 Å². The van der Waals surface area contributed by atoms with E-state index in [9.17, 15) is 0 Å². The van der Waals surface area contributed by atoms with Crippen LogP contribution in [0.3, 0.4) is 0 Å². The van der Waals surface area contributed by atoms with E-state index in [0.29, 0.717) is 0 Å². The molecule has 0 fully saturated rings. The van der Waals surface area contributed by atoms with Gasteiger partial charge < -0.3 is 4.57 Å². The molecule has 0 bridgehead atoms. The Balaban J connectivity index is 0.000000183. The van der Waals surface area contributed by atoms with E-state index in [1.54, 1.807) is 6.08 Å². The highest BCUT2D eigenvalue weighted by Gasteiger charge is 2.15. The Kier molecular flexibility index (Phi) is 16.4. The maximum atomic E-state index is 3.57. The fraction of sp³-hybridized carbons (Fsp3) is 0.115. The van der Waals surface area contributed by atoms with Crippen LogP contribution in [0.15, 0.2) is 231 Å². The minimum Gasteiger partial charge on any atom is -0.309 e. The number of rotatable bonds is 4. The van der Waals surface area contributed by atoms with Gasteiger partial charge in [0.15, 0.2) is 0 Å². The number of benzene rings is 8. The first-order chi connectivity index (χ1) is 30.6. The van der Waals surface area contributed by atoms with Crippen LogP contribution < -0.4 is 0 Å². The van der Waals surface area contributed by atoms with Crippen LogP contribution in [0.2, 0.25) is 0 Å². The van der Waals surface area contributed by atoms with Crippen molar-refractivity contribution in [1.29, 1.82) is 0 Å². The molecule has 2 heteroatoms. The van der Waals surface area contributed by atoms with Crippen molar-refractivity contribution in [1.82, 2.24) is 4.57 Å². The van der Waals surface area contributed by atoms with Crippen LogP contribution >= 0.6 is 11.3 Å². The Morgan fingerprint density at radius 1 is 0.444 bits per heavy atom. The number of hydrogen-bond donors (Lipinski definition) is 0. The third-order valence-corrected chi connectivity index (χ3v) is 11.6. The Morgan fingerprint density at radius 3 is 1.49 bits per heavy atom. The van der Waals surface area contributed by atoms with Crippen LogP contribution in [0, 0.1) is 34.6 Å². The first-order valence-corrected chi connectivity index (χ1v) is 22.5. The van der Waals surface area contributed by atoms with Crippen molar-refractivity contribution >= 4 is 53.3 Å². The summed E-state index contributed by atoms with van der Waals surface area (Å²) in [6.45, 7) is 18.2. The van der Waals surface area contributed by atoms with Crippen molar-refractivity contribution in [2.75, 3.05) is 0 Å². The van der Waals surface area contributed by atoms with E-state index < -0.39 is 0 Å². The minimum absolute atomic E-state index is 1.21. The predicted octanol–water partition coefficient (Wildman–Crippen LogP) is 18.1. The third-order valence-electron chi connectivity index (χ3n) is 10.5. The molecule has 0 spiro atoms. The van der Waals surface area contributed by atoms with Crippen molar-refractivity contribution in [3.05, 3.63) is 258 Å². The number of hydrogen-bond acceptors (Lipinski definition) is 1. The highest BCUT2D eigenvalue weighted by atomic mass is 32.1. The van der Waals surface area contributed by atoms with E-state index in [2.05, 4.69) is 185 Å². The standard InChI is InChI=1S/C32H23NS.C8H12.3C7H8/c1-20-15-21(2)17-23(16-20)22-11-13-26-25-7-3-5-9-29(25)33(30(26)18-22)24-12-14-32-28(19-24)27-8-4-6-10-31(27)34-32;1-4-6-8(3)7-5-2;3*1-7-5-3-2-4-6-7/h3-19H,1-2H3;4-7H,1H2,2-3H3;3*2-6H,1H3/b;7-5-,8-6-;;;. The molecular weight excluding hydrogens is 779 g/mol. The van der Waals surface area contributed by atoms with Gasteiger partial charge in [0.05, 0.1) is 11.0 Å². The molecule has 0 saturated heterocycles. The minimum atomic E-state index is 1.21. The van der Waals surface area contributed by atoms with E-state index in [1.165, 1.54) is 92.2 Å². The summed E-state index contributed by atoms with van der Waals surface area (Å²) in [7, 11) is 0. The Hall–Kier alpha value is -7.00. The van der Waals surface area contributed by atoms with Crippen LogP contribution in [-0.4, -0.2) is 4.57 Å². The second kappa shape index (κ2) is 22.7. The van der Waals surface area contributed by atoms with Crippen molar-refractivity contribution in [2.24, 2.45) is 0 Å². The highest BCUT2D eigenvalue weighted by molar-refractivity contribution is 7.25.